The van der Waals surface area contributed by atoms with Crippen molar-refractivity contribution in [1.29, 1.82) is 0 Å². The highest BCUT2D eigenvalue weighted by Crippen LogP contribution is 2.06. The molecule has 0 aromatic carbocycles. The van der Waals surface area contributed by atoms with Crippen molar-refractivity contribution in [2.75, 3.05) is 25.6 Å². The van der Waals surface area contributed by atoms with E-state index in [0.717, 1.165) is 13.0 Å². The van der Waals surface area contributed by atoms with E-state index in [1.807, 2.05) is 0 Å². The molecule has 0 fully saturated rings. The number of ether oxygens (including phenoxy) is 2. The lowest BCUT2D eigenvalue weighted by atomic mass is 10.5. The van der Waals surface area contributed by atoms with Gasteiger partial charge in [0, 0.05) is 12.7 Å². The SMILES string of the molecule is CCCOCCOc1cc(N)ncn1. The molecule has 1 aromatic heterocycles. The van der Waals surface area contributed by atoms with E-state index < -0.39 is 0 Å². The van der Waals surface area contributed by atoms with Crippen molar-refractivity contribution in [3.63, 3.8) is 0 Å². The van der Waals surface area contributed by atoms with Crippen molar-refractivity contribution in [2.45, 2.75) is 13.3 Å². The molecule has 0 saturated carbocycles. The molecule has 0 aliphatic heterocycles. The van der Waals surface area contributed by atoms with E-state index in [4.69, 9.17) is 15.2 Å². The number of nitrogens with zero attached hydrogens (tertiary/aromatic N) is 2. The molecule has 1 heterocycles. The number of aromatic nitrogens is 2. The molecule has 0 spiro atoms. The Morgan fingerprint density at radius 1 is 1.29 bits per heavy atom. The van der Waals surface area contributed by atoms with Gasteiger partial charge in [-0.1, -0.05) is 6.92 Å². The Balaban J connectivity index is 2.18. The lowest BCUT2D eigenvalue weighted by Crippen LogP contribution is -2.08. The van der Waals surface area contributed by atoms with Crippen molar-refractivity contribution in [2.24, 2.45) is 0 Å². The van der Waals surface area contributed by atoms with Gasteiger partial charge in [0.25, 0.3) is 0 Å². The Labute approximate surface area is 83.3 Å². The van der Waals surface area contributed by atoms with E-state index in [1.165, 1.54) is 6.33 Å². The first-order chi connectivity index (χ1) is 6.83. The lowest BCUT2D eigenvalue weighted by Gasteiger charge is -2.05. The predicted octanol–water partition coefficient (Wildman–Crippen LogP) is 0.864. The predicted molar refractivity (Wildman–Crippen MR) is 53.0 cm³/mol. The minimum absolute atomic E-state index is 0.407. The van der Waals surface area contributed by atoms with Gasteiger partial charge in [-0.3, -0.25) is 0 Å². The maximum absolute atomic E-state index is 5.45. The van der Waals surface area contributed by atoms with Gasteiger partial charge in [0.05, 0.1) is 6.61 Å². The second kappa shape index (κ2) is 6.15. The van der Waals surface area contributed by atoms with Crippen molar-refractivity contribution >= 4 is 5.82 Å². The fourth-order valence-corrected chi connectivity index (χ4v) is 0.884. The maximum atomic E-state index is 5.45. The van der Waals surface area contributed by atoms with Gasteiger partial charge in [-0.2, -0.15) is 0 Å². The van der Waals surface area contributed by atoms with Crippen LogP contribution in [0.1, 0.15) is 13.3 Å². The molecule has 0 unspecified atom stereocenters. The summed E-state index contributed by atoms with van der Waals surface area (Å²) in [6, 6.07) is 1.58. The molecule has 2 N–H and O–H groups in total. The Kier molecular flexibility index (Phi) is 4.71. The summed E-state index contributed by atoms with van der Waals surface area (Å²) in [4.78, 5) is 7.64. The van der Waals surface area contributed by atoms with Crippen LogP contribution >= 0.6 is 0 Å². The van der Waals surface area contributed by atoms with Crippen LogP contribution in [0.25, 0.3) is 0 Å². The highest BCUT2D eigenvalue weighted by Gasteiger charge is 1.95. The van der Waals surface area contributed by atoms with Crippen LogP contribution in [0, 0.1) is 0 Å². The average Bonchev–Trinajstić information content (AvgIpc) is 2.18. The summed E-state index contributed by atoms with van der Waals surface area (Å²) in [5, 5.41) is 0. The molecule has 5 heteroatoms. The first-order valence-electron chi connectivity index (χ1n) is 4.61. The third-order valence-electron chi connectivity index (χ3n) is 1.49. The molecule has 1 rings (SSSR count). The van der Waals surface area contributed by atoms with E-state index >= 15 is 0 Å². The number of rotatable bonds is 6. The van der Waals surface area contributed by atoms with Crippen molar-refractivity contribution in [3.8, 4) is 5.88 Å². The fourth-order valence-electron chi connectivity index (χ4n) is 0.884. The zero-order valence-electron chi connectivity index (χ0n) is 8.27. The highest BCUT2D eigenvalue weighted by molar-refractivity contribution is 5.30. The summed E-state index contributed by atoms with van der Waals surface area (Å²) in [7, 11) is 0. The first kappa shape index (κ1) is 10.7. The Morgan fingerprint density at radius 3 is 2.86 bits per heavy atom. The summed E-state index contributed by atoms with van der Waals surface area (Å²) in [6.45, 7) is 3.87. The van der Waals surface area contributed by atoms with Gasteiger partial charge in [0.1, 0.15) is 18.8 Å². The van der Waals surface area contributed by atoms with Gasteiger partial charge in [0.15, 0.2) is 0 Å². The summed E-state index contributed by atoms with van der Waals surface area (Å²) in [5.41, 5.74) is 5.45. The van der Waals surface area contributed by atoms with E-state index in [0.29, 0.717) is 24.9 Å². The van der Waals surface area contributed by atoms with Crippen LogP contribution in [0.3, 0.4) is 0 Å². The first-order valence-corrected chi connectivity index (χ1v) is 4.61. The number of nitrogen functional groups attached to an aromatic ring is 1. The molecule has 14 heavy (non-hydrogen) atoms. The lowest BCUT2D eigenvalue weighted by molar-refractivity contribution is 0.0990. The molecular weight excluding hydrogens is 182 g/mol. The molecule has 0 aliphatic rings. The molecule has 0 radical (unpaired) electrons. The Morgan fingerprint density at radius 2 is 2.14 bits per heavy atom. The van der Waals surface area contributed by atoms with Gasteiger partial charge >= 0.3 is 0 Å². The second-order valence-corrected chi connectivity index (χ2v) is 2.74. The van der Waals surface area contributed by atoms with Gasteiger partial charge in [-0.15, -0.1) is 0 Å². The molecule has 0 aliphatic carbocycles. The van der Waals surface area contributed by atoms with Crippen LogP contribution in [0.4, 0.5) is 5.82 Å². The summed E-state index contributed by atoms with van der Waals surface area (Å²) in [6.07, 6.45) is 2.39. The van der Waals surface area contributed by atoms with E-state index in [2.05, 4.69) is 16.9 Å². The number of nitrogens with two attached hydrogens (primary N) is 1. The fraction of sp³-hybridized carbons (Fsp3) is 0.556. The Bertz CT molecular complexity index is 268. The quantitative estimate of drug-likeness (QED) is 0.685. The third-order valence-corrected chi connectivity index (χ3v) is 1.49. The van der Waals surface area contributed by atoms with E-state index in [9.17, 15) is 0 Å². The summed E-state index contributed by atoms with van der Waals surface area (Å²) in [5.74, 6) is 0.891. The smallest absolute Gasteiger partial charge is 0.218 e. The molecule has 0 bridgehead atoms. The number of hydrogen-bond donors (Lipinski definition) is 1. The van der Waals surface area contributed by atoms with Crippen molar-refractivity contribution in [1.82, 2.24) is 9.97 Å². The molecule has 0 saturated heterocycles. The average molecular weight is 197 g/mol. The van der Waals surface area contributed by atoms with Crippen LogP contribution in [-0.2, 0) is 4.74 Å². The zero-order chi connectivity index (χ0) is 10.2. The zero-order valence-corrected chi connectivity index (χ0v) is 8.27. The molecule has 5 nitrogen and oxygen atoms in total. The molecule has 1 aromatic rings. The van der Waals surface area contributed by atoms with E-state index in [-0.39, 0.29) is 0 Å². The van der Waals surface area contributed by atoms with Crippen LogP contribution in [0.15, 0.2) is 12.4 Å². The van der Waals surface area contributed by atoms with Crippen molar-refractivity contribution < 1.29 is 9.47 Å². The van der Waals surface area contributed by atoms with Gasteiger partial charge < -0.3 is 15.2 Å². The van der Waals surface area contributed by atoms with Gasteiger partial charge in [0.2, 0.25) is 5.88 Å². The third kappa shape index (κ3) is 4.04. The largest absolute Gasteiger partial charge is 0.475 e. The van der Waals surface area contributed by atoms with Crippen LogP contribution < -0.4 is 10.5 Å². The van der Waals surface area contributed by atoms with Crippen molar-refractivity contribution in [3.05, 3.63) is 12.4 Å². The normalized spacial score (nSPS) is 10.1. The standard InChI is InChI=1S/C9H15N3O2/c1-2-3-13-4-5-14-9-6-8(10)11-7-12-9/h6-7H,2-5H2,1H3,(H2,10,11,12). The second-order valence-electron chi connectivity index (χ2n) is 2.74. The molecule has 78 valence electrons. The number of hydrogen-bond acceptors (Lipinski definition) is 5. The summed E-state index contributed by atoms with van der Waals surface area (Å²) >= 11 is 0. The Hall–Kier alpha value is -1.36. The minimum atomic E-state index is 0.407. The maximum Gasteiger partial charge on any atom is 0.218 e. The topological polar surface area (TPSA) is 70.3 Å². The monoisotopic (exact) mass is 197 g/mol. The van der Waals surface area contributed by atoms with Gasteiger partial charge in [-0.25, -0.2) is 9.97 Å². The van der Waals surface area contributed by atoms with E-state index in [1.54, 1.807) is 6.07 Å². The van der Waals surface area contributed by atoms with Gasteiger partial charge in [-0.05, 0) is 6.42 Å². The van der Waals surface area contributed by atoms with Crippen LogP contribution in [-0.4, -0.2) is 29.8 Å². The van der Waals surface area contributed by atoms with Crippen LogP contribution in [0.2, 0.25) is 0 Å². The minimum Gasteiger partial charge on any atom is -0.475 e. The van der Waals surface area contributed by atoms with Crippen LogP contribution in [0.5, 0.6) is 5.88 Å². The highest BCUT2D eigenvalue weighted by atomic mass is 16.5. The molecule has 0 amide bonds. The molecular formula is C9H15N3O2. The number of anilines is 1. The summed E-state index contributed by atoms with van der Waals surface area (Å²) < 4.78 is 10.5. The molecule has 0 atom stereocenters.